The third-order valence-corrected chi connectivity index (χ3v) is 1.32. The minimum Gasteiger partial charge on any atom is -0.276 e. The van der Waals surface area contributed by atoms with Gasteiger partial charge in [-0.1, -0.05) is 25.2 Å². The standard InChI is InChI=1S/C9H17NO/c1-4-6-9(3)7-8-11-10-5-2/h5-6,10H,2,4,7-8H2,1,3H3/b9-6-. The quantitative estimate of drug-likeness (QED) is 0.361. The van der Waals surface area contributed by atoms with Gasteiger partial charge in [0.15, 0.2) is 0 Å². The first-order valence-electron chi connectivity index (χ1n) is 3.95. The second-order valence-electron chi connectivity index (χ2n) is 2.38. The van der Waals surface area contributed by atoms with Gasteiger partial charge in [0.05, 0.1) is 6.61 Å². The Labute approximate surface area is 68.9 Å². The molecular weight excluding hydrogens is 138 g/mol. The van der Waals surface area contributed by atoms with Crippen LogP contribution in [-0.4, -0.2) is 6.61 Å². The highest BCUT2D eigenvalue weighted by molar-refractivity contribution is 4.96. The Balaban J connectivity index is 3.23. The third kappa shape index (κ3) is 7.13. The summed E-state index contributed by atoms with van der Waals surface area (Å²) in [6, 6.07) is 0. The van der Waals surface area contributed by atoms with Crippen molar-refractivity contribution in [1.29, 1.82) is 0 Å². The maximum Gasteiger partial charge on any atom is 0.0782 e. The maximum atomic E-state index is 4.99. The number of nitrogens with one attached hydrogen (secondary N) is 1. The molecule has 0 aliphatic rings. The van der Waals surface area contributed by atoms with Gasteiger partial charge in [-0.05, 0) is 19.8 Å². The van der Waals surface area contributed by atoms with Crippen molar-refractivity contribution in [3.05, 3.63) is 24.4 Å². The first-order valence-corrected chi connectivity index (χ1v) is 3.95. The zero-order valence-electron chi connectivity index (χ0n) is 7.39. The lowest BCUT2D eigenvalue weighted by molar-refractivity contribution is 0.0740. The molecule has 0 rings (SSSR count). The molecule has 64 valence electrons. The van der Waals surface area contributed by atoms with Crippen LogP contribution in [0.3, 0.4) is 0 Å². The topological polar surface area (TPSA) is 21.3 Å². The number of hydrogen-bond acceptors (Lipinski definition) is 2. The molecule has 0 aliphatic heterocycles. The Kier molecular flexibility index (Phi) is 6.84. The fourth-order valence-electron chi connectivity index (χ4n) is 0.780. The van der Waals surface area contributed by atoms with Crippen LogP contribution in [0.2, 0.25) is 0 Å². The highest BCUT2D eigenvalue weighted by Gasteiger charge is 1.88. The normalized spacial score (nSPS) is 11.3. The molecule has 0 atom stereocenters. The second kappa shape index (κ2) is 7.35. The van der Waals surface area contributed by atoms with Gasteiger partial charge in [-0.2, -0.15) is 0 Å². The number of hydroxylamine groups is 1. The number of rotatable bonds is 6. The summed E-state index contributed by atoms with van der Waals surface area (Å²) in [6.45, 7) is 8.41. The smallest absolute Gasteiger partial charge is 0.0782 e. The van der Waals surface area contributed by atoms with Crippen LogP contribution in [0.5, 0.6) is 0 Å². The summed E-state index contributed by atoms with van der Waals surface area (Å²) in [6.07, 6.45) is 5.81. The average molecular weight is 155 g/mol. The highest BCUT2D eigenvalue weighted by atomic mass is 16.6. The van der Waals surface area contributed by atoms with Crippen molar-refractivity contribution in [3.8, 4) is 0 Å². The SMILES string of the molecule is C=CNOCC/C(C)=C\CC. The Morgan fingerprint density at radius 2 is 2.36 bits per heavy atom. The van der Waals surface area contributed by atoms with Gasteiger partial charge in [0.2, 0.25) is 0 Å². The van der Waals surface area contributed by atoms with E-state index in [1.54, 1.807) is 0 Å². The van der Waals surface area contributed by atoms with E-state index >= 15 is 0 Å². The molecule has 0 heterocycles. The fraction of sp³-hybridized carbons (Fsp3) is 0.556. The molecule has 0 saturated carbocycles. The minimum atomic E-state index is 0.703. The van der Waals surface area contributed by atoms with E-state index in [0.717, 1.165) is 12.8 Å². The van der Waals surface area contributed by atoms with Crippen LogP contribution in [0, 0.1) is 0 Å². The van der Waals surface area contributed by atoms with E-state index in [0.29, 0.717) is 6.61 Å². The highest BCUT2D eigenvalue weighted by Crippen LogP contribution is 2.00. The molecule has 0 aliphatic carbocycles. The van der Waals surface area contributed by atoms with Crippen LogP contribution in [0.25, 0.3) is 0 Å². The first-order chi connectivity index (χ1) is 5.31. The molecule has 11 heavy (non-hydrogen) atoms. The van der Waals surface area contributed by atoms with Crippen molar-refractivity contribution in [3.63, 3.8) is 0 Å². The zero-order chi connectivity index (χ0) is 8.53. The van der Waals surface area contributed by atoms with E-state index in [1.807, 2.05) is 0 Å². The van der Waals surface area contributed by atoms with E-state index < -0.39 is 0 Å². The van der Waals surface area contributed by atoms with Gasteiger partial charge in [0, 0.05) is 6.20 Å². The van der Waals surface area contributed by atoms with E-state index in [4.69, 9.17) is 4.84 Å². The van der Waals surface area contributed by atoms with Crippen molar-refractivity contribution in [2.75, 3.05) is 6.61 Å². The molecular formula is C9H17NO. The van der Waals surface area contributed by atoms with Gasteiger partial charge in [-0.25, -0.2) is 0 Å². The lowest BCUT2D eigenvalue weighted by atomic mass is 10.2. The number of allylic oxidation sites excluding steroid dienone is 1. The Hall–Kier alpha value is -0.760. The maximum absolute atomic E-state index is 4.99. The summed E-state index contributed by atoms with van der Waals surface area (Å²) in [5, 5.41) is 0. The van der Waals surface area contributed by atoms with Gasteiger partial charge in [0.25, 0.3) is 0 Å². The molecule has 1 N–H and O–H groups in total. The van der Waals surface area contributed by atoms with Crippen molar-refractivity contribution in [2.24, 2.45) is 0 Å². The summed E-state index contributed by atoms with van der Waals surface area (Å²) >= 11 is 0. The summed E-state index contributed by atoms with van der Waals surface area (Å²) in [4.78, 5) is 4.99. The van der Waals surface area contributed by atoms with Crippen molar-refractivity contribution >= 4 is 0 Å². The molecule has 2 heteroatoms. The third-order valence-electron chi connectivity index (χ3n) is 1.32. The Morgan fingerprint density at radius 3 is 2.91 bits per heavy atom. The van der Waals surface area contributed by atoms with Gasteiger partial charge in [0.1, 0.15) is 0 Å². The Bertz CT molecular complexity index is 130. The minimum absolute atomic E-state index is 0.703. The van der Waals surface area contributed by atoms with Crippen LogP contribution in [0.1, 0.15) is 26.7 Å². The summed E-state index contributed by atoms with van der Waals surface area (Å²) in [5.74, 6) is 0. The Morgan fingerprint density at radius 1 is 1.64 bits per heavy atom. The number of hydrogen-bond donors (Lipinski definition) is 1. The lowest BCUT2D eigenvalue weighted by Crippen LogP contribution is -2.06. The van der Waals surface area contributed by atoms with Crippen LogP contribution < -0.4 is 5.48 Å². The summed E-state index contributed by atoms with van der Waals surface area (Å²) in [7, 11) is 0. The summed E-state index contributed by atoms with van der Waals surface area (Å²) < 4.78 is 0. The molecule has 0 saturated heterocycles. The molecule has 0 aromatic carbocycles. The average Bonchev–Trinajstić information content (AvgIpc) is 1.99. The van der Waals surface area contributed by atoms with E-state index in [9.17, 15) is 0 Å². The van der Waals surface area contributed by atoms with E-state index in [-0.39, 0.29) is 0 Å². The fourth-order valence-corrected chi connectivity index (χ4v) is 0.780. The van der Waals surface area contributed by atoms with Crippen LogP contribution >= 0.6 is 0 Å². The lowest BCUT2D eigenvalue weighted by Gasteiger charge is -2.01. The predicted octanol–water partition coefficient (Wildman–Crippen LogP) is 2.40. The van der Waals surface area contributed by atoms with Gasteiger partial charge < -0.3 is 0 Å². The molecule has 0 aromatic heterocycles. The summed E-state index contributed by atoms with van der Waals surface area (Å²) in [5.41, 5.74) is 3.96. The van der Waals surface area contributed by atoms with Crippen molar-refractivity contribution in [2.45, 2.75) is 26.7 Å². The molecule has 0 spiro atoms. The molecule has 2 nitrogen and oxygen atoms in total. The van der Waals surface area contributed by atoms with Gasteiger partial charge in [-0.3, -0.25) is 10.3 Å². The molecule has 0 aromatic rings. The molecule has 0 fully saturated rings. The molecule has 0 unspecified atom stereocenters. The molecule has 0 bridgehead atoms. The monoisotopic (exact) mass is 155 g/mol. The van der Waals surface area contributed by atoms with E-state index in [1.165, 1.54) is 11.8 Å². The van der Waals surface area contributed by atoms with Gasteiger partial charge in [-0.15, -0.1) is 0 Å². The zero-order valence-corrected chi connectivity index (χ0v) is 7.39. The second-order valence-corrected chi connectivity index (χ2v) is 2.38. The van der Waals surface area contributed by atoms with Gasteiger partial charge >= 0.3 is 0 Å². The van der Waals surface area contributed by atoms with Crippen molar-refractivity contribution < 1.29 is 4.84 Å². The van der Waals surface area contributed by atoms with Crippen LogP contribution in [-0.2, 0) is 4.84 Å². The largest absolute Gasteiger partial charge is 0.276 e. The van der Waals surface area contributed by atoms with Crippen LogP contribution in [0.15, 0.2) is 24.4 Å². The first kappa shape index (κ1) is 10.2. The molecule has 0 radical (unpaired) electrons. The van der Waals surface area contributed by atoms with Crippen LogP contribution in [0.4, 0.5) is 0 Å². The van der Waals surface area contributed by atoms with Crippen molar-refractivity contribution in [1.82, 2.24) is 5.48 Å². The van der Waals surface area contributed by atoms with E-state index in [2.05, 4.69) is 32.0 Å². The molecule has 0 amide bonds. The predicted molar refractivity (Wildman–Crippen MR) is 47.9 cm³/mol.